The van der Waals surface area contributed by atoms with E-state index in [0.29, 0.717) is 27.7 Å². The van der Waals surface area contributed by atoms with Crippen molar-refractivity contribution in [1.29, 1.82) is 0 Å². The summed E-state index contributed by atoms with van der Waals surface area (Å²) >= 11 is 0. The third-order valence-corrected chi connectivity index (χ3v) is 15.3. The quantitative estimate of drug-likeness (QED) is 0.0205. The van der Waals surface area contributed by atoms with Crippen molar-refractivity contribution in [3.8, 4) is 5.75 Å². The molecule has 11 atom stereocenters. The zero-order chi connectivity index (χ0) is 69.5. The monoisotopic (exact) mass is 1320 g/mol. The number of hydrogen-bond donors (Lipinski definition) is 18. The number of aliphatic carboxylic acids is 3. The molecule has 0 unspecified atom stereocenters. The Morgan fingerprint density at radius 3 is 1.81 bits per heavy atom. The van der Waals surface area contributed by atoms with E-state index in [9.17, 15) is 92.7 Å². The van der Waals surface area contributed by atoms with Crippen molar-refractivity contribution in [2.75, 3.05) is 26.2 Å². The number of carbonyl (C=O) groups excluding carboxylic acids is 11. The number of nitrogens with two attached hydrogens (primary N) is 1. The van der Waals surface area contributed by atoms with Gasteiger partial charge < -0.3 is 99.3 Å². The number of likely N-dealkylation sites (tertiary alicyclic amines) is 1. The minimum Gasteiger partial charge on any atom is -0.508 e. The van der Waals surface area contributed by atoms with Crippen molar-refractivity contribution < 1.29 is 92.7 Å². The molecule has 1 aliphatic heterocycles. The van der Waals surface area contributed by atoms with E-state index in [-0.39, 0.29) is 50.8 Å². The fraction of sp³-hybridized carbons (Fsp3) is 0.483. The van der Waals surface area contributed by atoms with Gasteiger partial charge in [-0.2, -0.15) is 0 Å². The fourth-order valence-electron chi connectivity index (χ4n) is 9.99. The number of aromatic amines is 2. The number of H-pyrrole nitrogens is 2. The number of aromatic hydroxyl groups is 1. The first-order chi connectivity index (χ1) is 44.5. The van der Waals surface area contributed by atoms with Crippen molar-refractivity contribution in [3.63, 3.8) is 0 Å². The van der Waals surface area contributed by atoms with Gasteiger partial charge in [-0.25, -0.2) is 9.78 Å². The van der Waals surface area contributed by atoms with Crippen LogP contribution >= 0.6 is 0 Å². The second kappa shape index (κ2) is 35.3. The molecule has 0 spiro atoms. The van der Waals surface area contributed by atoms with E-state index in [1.165, 1.54) is 43.7 Å². The van der Waals surface area contributed by atoms with Crippen LogP contribution in [-0.2, 0) is 86.4 Å². The van der Waals surface area contributed by atoms with Crippen molar-refractivity contribution in [1.82, 2.24) is 73.0 Å². The van der Waals surface area contributed by atoms with Crippen molar-refractivity contribution >= 4 is 93.8 Å². The summed E-state index contributed by atoms with van der Waals surface area (Å²) in [4.78, 5) is 197. The molecule has 19 N–H and O–H groups in total. The maximum absolute atomic E-state index is 14.6. The number of phenols is 1. The number of nitrogens with zero attached hydrogens (tertiary/aromatic N) is 2. The molecule has 0 saturated carbocycles. The number of imidazole rings is 1. The largest absolute Gasteiger partial charge is 0.508 e. The summed E-state index contributed by atoms with van der Waals surface area (Å²) in [5.41, 5.74) is 7.97. The predicted molar refractivity (Wildman–Crippen MR) is 329 cm³/mol. The van der Waals surface area contributed by atoms with Gasteiger partial charge in [-0.1, -0.05) is 64.4 Å². The molecule has 0 radical (unpaired) electrons. The first-order valence-electron chi connectivity index (χ1n) is 30.1. The van der Waals surface area contributed by atoms with Gasteiger partial charge in [-0.3, -0.25) is 62.3 Å². The SMILES string of the molecule is CC[C@H](C)[C@H](NC(=O)[C@@H]1CCCN1C(=O)[C@H](CC(=O)O)NC(=O)[C@H](Cc1c[nH]c2ccccc12)NC(=O)[C@@H](NC(=O)CNC(=O)CNC(=O)CNC(=O)[C@@H](NC(=O)[C@@H](N)Cc1cnc[nH]1)[C@@H](C)O)C(C)C)C(=O)N[C@@H](CC(=O)O)C(=O)N[C@@H](Cc1ccc(O)cc1)C(=O)O. The summed E-state index contributed by atoms with van der Waals surface area (Å²) in [6, 6.07) is -1.53. The highest BCUT2D eigenvalue weighted by Crippen LogP contribution is 2.23. The van der Waals surface area contributed by atoms with E-state index in [4.69, 9.17) is 5.73 Å². The highest BCUT2D eigenvalue weighted by atomic mass is 16.4. The summed E-state index contributed by atoms with van der Waals surface area (Å²) < 4.78 is 0. The van der Waals surface area contributed by atoms with Crippen LogP contribution < -0.4 is 58.9 Å². The number of carboxylic acids is 3. The van der Waals surface area contributed by atoms with Gasteiger partial charge in [0.05, 0.1) is 50.9 Å². The maximum atomic E-state index is 14.6. The number of nitrogens with one attached hydrogen (secondary N) is 12. The molecule has 3 heterocycles. The minimum absolute atomic E-state index is 0.0205. The number of carboxylic acid groups (broad SMARTS) is 3. The Morgan fingerprint density at radius 1 is 0.617 bits per heavy atom. The van der Waals surface area contributed by atoms with Crippen molar-refractivity contribution in [3.05, 3.63) is 84.1 Å². The lowest BCUT2D eigenvalue weighted by molar-refractivity contribution is -0.146. The zero-order valence-corrected chi connectivity index (χ0v) is 52.2. The van der Waals surface area contributed by atoms with Crippen LogP contribution in [0.15, 0.2) is 67.3 Å². The van der Waals surface area contributed by atoms with E-state index < -0.39 is 188 Å². The number of aliphatic hydroxyl groups is 1. The molecule has 1 aliphatic rings. The lowest BCUT2D eigenvalue weighted by Crippen LogP contribution is -2.61. The summed E-state index contributed by atoms with van der Waals surface area (Å²) in [5.74, 6) is -16.7. The fourth-order valence-corrected chi connectivity index (χ4v) is 9.99. The molecule has 5 rings (SSSR count). The minimum atomic E-state index is -1.88. The number of fused-ring (bicyclic) bond motifs is 1. The molecular formula is C60H81N15O19. The molecule has 94 heavy (non-hydrogen) atoms. The van der Waals surface area contributed by atoms with Gasteiger partial charge in [-0.05, 0) is 60.9 Å². The van der Waals surface area contributed by atoms with E-state index >= 15 is 0 Å². The molecular weight excluding hydrogens is 1230 g/mol. The van der Waals surface area contributed by atoms with E-state index in [0.717, 1.165) is 4.90 Å². The van der Waals surface area contributed by atoms with Crippen molar-refractivity contribution in [2.45, 2.75) is 146 Å². The van der Waals surface area contributed by atoms with Gasteiger partial charge in [0.1, 0.15) is 54.1 Å². The van der Waals surface area contributed by atoms with Gasteiger partial charge in [0.2, 0.25) is 65.0 Å². The standard InChI is InChI=1S/C60H81N15O19/c1-6-30(4)50(58(91)69-40(21-47(81)82)54(87)71-42(60(93)94)18-32-13-15-35(77)16-14-32)73-55(88)43-12-9-17-75(43)59(92)41(22-48(83)84)70-53(86)39(19-33-23-63-38-11-8-7-10-36(33)38)68-57(90)49(29(2)3)72-46(80)27-65-44(78)25-64-45(79)26-66-56(89)51(31(5)76)74-52(85)37(61)20-34-24-62-28-67-34/h7-8,10-11,13-16,23-24,28-31,37,39-43,49-51,63,76-77H,6,9,12,17-22,25-27,61H2,1-5H3,(H,62,67)(H,64,79)(H,65,78)(H,66,89)(H,68,90)(H,69,91)(H,70,86)(H,71,87)(H,72,80)(H,73,88)(H,74,85)(H,81,82)(H,83,84)(H,93,94)/t30-,31+,37-,39-,40-,41-,42-,43-,49-,50-,51-/m0/s1. The number of aromatic nitrogens is 3. The zero-order valence-electron chi connectivity index (χ0n) is 52.2. The second-order valence-electron chi connectivity index (χ2n) is 22.9. The summed E-state index contributed by atoms with van der Waals surface area (Å²) in [6.45, 7) is 5.29. The number of rotatable bonds is 36. The van der Waals surface area contributed by atoms with E-state index in [1.54, 1.807) is 58.2 Å². The van der Waals surface area contributed by atoms with Gasteiger partial charge in [0.25, 0.3) is 0 Å². The number of carbonyl (C=O) groups is 14. The summed E-state index contributed by atoms with van der Waals surface area (Å²) in [5, 5.41) is 73.9. The molecule has 4 aromatic rings. The molecule has 2 aromatic heterocycles. The van der Waals surface area contributed by atoms with E-state index in [1.807, 2.05) is 0 Å². The van der Waals surface area contributed by atoms with Crippen LogP contribution in [0.4, 0.5) is 0 Å². The molecule has 1 saturated heterocycles. The molecule has 34 heteroatoms. The third kappa shape index (κ3) is 22.4. The number of amides is 11. The Morgan fingerprint density at radius 2 is 1.20 bits per heavy atom. The molecule has 34 nitrogen and oxygen atoms in total. The summed E-state index contributed by atoms with van der Waals surface area (Å²) in [7, 11) is 0. The lowest BCUT2D eigenvalue weighted by atomic mass is 9.97. The molecule has 2 aromatic carbocycles. The number of para-hydroxylation sites is 1. The first kappa shape index (κ1) is 74.2. The second-order valence-corrected chi connectivity index (χ2v) is 22.9. The Hall–Kier alpha value is -10.5. The normalized spacial score (nSPS) is 16.0. The van der Waals surface area contributed by atoms with Gasteiger partial charge >= 0.3 is 17.9 Å². The smallest absolute Gasteiger partial charge is 0.326 e. The van der Waals surface area contributed by atoms with Crippen LogP contribution in [0.5, 0.6) is 5.75 Å². The lowest BCUT2D eigenvalue weighted by Gasteiger charge is -2.32. The van der Waals surface area contributed by atoms with Gasteiger partial charge in [-0.15, -0.1) is 0 Å². The molecule has 1 fully saturated rings. The third-order valence-electron chi connectivity index (χ3n) is 15.3. The van der Waals surface area contributed by atoms with Crippen LogP contribution in [-0.4, -0.2) is 215 Å². The van der Waals surface area contributed by atoms with Crippen LogP contribution in [0.1, 0.15) is 83.5 Å². The average molecular weight is 1320 g/mol. The van der Waals surface area contributed by atoms with Gasteiger partial charge in [0, 0.05) is 54.8 Å². The number of benzene rings is 2. The van der Waals surface area contributed by atoms with Crippen LogP contribution in [0, 0.1) is 11.8 Å². The Balaban J connectivity index is 1.23. The Bertz CT molecular complexity index is 3380. The van der Waals surface area contributed by atoms with Crippen molar-refractivity contribution in [2.24, 2.45) is 17.6 Å². The van der Waals surface area contributed by atoms with Gasteiger partial charge in [0.15, 0.2) is 0 Å². The predicted octanol–water partition coefficient (Wildman–Crippen LogP) is -4.20. The number of hydrogen-bond acceptors (Lipinski definition) is 18. The molecule has 510 valence electrons. The van der Waals surface area contributed by atoms with Crippen LogP contribution in [0.3, 0.4) is 0 Å². The number of phenolic OH excluding ortho intramolecular Hbond substituents is 1. The molecule has 0 aliphatic carbocycles. The molecule has 0 bridgehead atoms. The number of aliphatic hydroxyl groups excluding tert-OH is 1. The van der Waals surface area contributed by atoms with Crippen LogP contribution in [0.25, 0.3) is 10.9 Å². The highest BCUT2D eigenvalue weighted by molar-refractivity contribution is 6.00. The Kier molecular flexibility index (Phi) is 27.9. The van der Waals surface area contributed by atoms with E-state index in [2.05, 4.69) is 68.1 Å². The average Bonchev–Trinajstić information content (AvgIpc) is 1.66. The topological polar surface area (TPSA) is 534 Å². The summed E-state index contributed by atoms with van der Waals surface area (Å²) in [6.07, 6.45) is 0.797. The van der Waals surface area contributed by atoms with Crippen LogP contribution in [0.2, 0.25) is 0 Å². The molecule has 11 amide bonds. The highest BCUT2D eigenvalue weighted by Gasteiger charge is 2.42. The maximum Gasteiger partial charge on any atom is 0.326 e. The first-order valence-corrected chi connectivity index (χ1v) is 30.1. The Labute approximate surface area is 537 Å².